The molecule has 0 fully saturated rings. The predicted octanol–water partition coefficient (Wildman–Crippen LogP) is 28.6. The number of para-hydroxylation sites is 6. The van der Waals surface area contributed by atoms with E-state index in [2.05, 4.69) is 262 Å². The quantitative estimate of drug-likeness (QED) is 0.0281. The van der Waals surface area contributed by atoms with Crippen LogP contribution in [0.3, 0.4) is 0 Å². The Morgan fingerprint density at radius 2 is 0.667 bits per heavy atom. The van der Waals surface area contributed by atoms with Gasteiger partial charge in [-0.15, -0.1) is 34.0 Å². The van der Waals surface area contributed by atoms with Gasteiger partial charge in [-0.1, -0.05) is 133 Å². The zero-order valence-corrected chi connectivity index (χ0v) is 76.4. The molecule has 0 amide bonds. The summed E-state index contributed by atoms with van der Waals surface area (Å²) in [6.07, 6.45) is 82.5. The van der Waals surface area contributed by atoms with Gasteiger partial charge in [-0.25, -0.2) is 39.9 Å². The fourth-order valence-electron chi connectivity index (χ4n) is 15.3. The lowest BCUT2D eigenvalue weighted by Gasteiger charge is -1.95. The van der Waals surface area contributed by atoms with Crippen molar-refractivity contribution in [1.82, 2.24) is 79.7 Å². The summed E-state index contributed by atoms with van der Waals surface area (Å²) in [6, 6.07) is 49.6. The highest BCUT2D eigenvalue weighted by Crippen LogP contribution is 2.34. The molecule has 14 aromatic heterocycles. The van der Waals surface area contributed by atoms with Crippen LogP contribution in [0.5, 0.6) is 0 Å². The molecule has 672 valence electrons. The van der Waals surface area contributed by atoms with Gasteiger partial charge in [0.1, 0.15) is 46.1 Å². The van der Waals surface area contributed by atoms with Gasteiger partial charge in [-0.3, -0.25) is 9.98 Å². The molecule has 0 bridgehead atoms. The SMILES string of the molecule is C(=C\c1[nH]c2ccccc2c1/C=C/c1ncc[nH]1)/c1ncc[nH]1.C(=C\c1[nH]c2ccccc2c1/C=C/c1ncco1)/c1ncco1.C(=C\c1[nH]c2ccccc2c1/C=C/c1nccs1)/c1nccs1.C1=C(/C=C/c2[nH]c3ccccc3c2/C=C/C2=CCN=N2)N=NC1.C1=NC(/C=C/c2[nH]c3ccccc3c2/C=C/c2cocn2)=CC1.C1=NC(/C=C/c2[nH]c3ccccc3c2/C=C/c2cscn2)=CC1. The van der Waals surface area contributed by atoms with Crippen LogP contribution < -0.4 is 0 Å². The largest absolute Gasteiger partial charge is 0.451 e. The Labute approximate surface area is 803 Å². The smallest absolute Gasteiger partial charge is 0.218 e. The van der Waals surface area contributed by atoms with Gasteiger partial charge in [-0.2, -0.15) is 20.5 Å². The van der Waals surface area contributed by atoms with Gasteiger partial charge in [0.25, 0.3) is 0 Å². The van der Waals surface area contributed by atoms with Crippen LogP contribution in [0.2, 0.25) is 0 Å². The first-order chi connectivity index (χ1) is 68.4. The molecule has 18 heterocycles. The second-order valence-electron chi connectivity index (χ2n) is 30.7. The van der Waals surface area contributed by atoms with E-state index >= 15 is 0 Å². The molecule has 0 unspecified atom stereocenters. The molecule has 4 aliphatic heterocycles. The number of aromatic amines is 8. The molecule has 8 N–H and O–H groups in total. The summed E-state index contributed by atoms with van der Waals surface area (Å²) >= 11 is 4.87. The summed E-state index contributed by atoms with van der Waals surface area (Å²) in [4.78, 5) is 69.2. The van der Waals surface area contributed by atoms with Gasteiger partial charge in [0.15, 0.2) is 6.39 Å². The number of thiazole rings is 3. The topological polar surface area (TPSA) is 343 Å². The van der Waals surface area contributed by atoms with Crippen LogP contribution in [0.1, 0.15) is 125 Å². The van der Waals surface area contributed by atoms with Crippen LogP contribution in [-0.4, -0.2) is 105 Å². The minimum atomic E-state index is 0.561. The highest BCUT2D eigenvalue weighted by Gasteiger charge is 2.15. The number of rotatable bonds is 24. The molecule has 0 saturated carbocycles. The Balaban J connectivity index is 0.000000106. The van der Waals surface area contributed by atoms with E-state index in [1.807, 2.05) is 223 Å². The zero-order valence-electron chi connectivity index (χ0n) is 74.0. The van der Waals surface area contributed by atoms with Crippen LogP contribution in [0.25, 0.3) is 187 Å². The molecule has 0 saturated heterocycles. The third-order valence-electron chi connectivity index (χ3n) is 21.8. The van der Waals surface area contributed by atoms with E-state index in [0.29, 0.717) is 24.9 Å². The van der Waals surface area contributed by atoms with Crippen LogP contribution in [0.4, 0.5) is 0 Å². The summed E-state index contributed by atoms with van der Waals surface area (Å²) in [5, 5.41) is 31.2. The number of nitrogens with zero attached hydrogens (tertiary/aromatic N) is 14. The van der Waals surface area contributed by atoms with Crippen molar-refractivity contribution < 1.29 is 13.3 Å². The predicted molar refractivity (Wildman–Crippen MR) is 568 cm³/mol. The first-order valence-electron chi connectivity index (χ1n) is 44.2. The van der Waals surface area contributed by atoms with E-state index in [4.69, 9.17) is 13.3 Å². The van der Waals surface area contributed by atoms with Gasteiger partial charge in [0.2, 0.25) is 11.8 Å². The number of azo groups is 2. The Hall–Kier alpha value is -18.1. The summed E-state index contributed by atoms with van der Waals surface area (Å²) < 4.78 is 15.5. The van der Waals surface area contributed by atoms with E-state index in [1.54, 1.807) is 77.6 Å². The minimum absolute atomic E-state index is 0.561. The molecule has 4 aliphatic rings. The molecule has 24 rings (SSSR count). The Bertz CT molecular complexity index is 7620. The lowest BCUT2D eigenvalue weighted by Crippen LogP contribution is -1.79. The highest BCUT2D eigenvalue weighted by molar-refractivity contribution is 7.10. The van der Waals surface area contributed by atoms with Crippen LogP contribution in [0.15, 0.2) is 357 Å². The van der Waals surface area contributed by atoms with Crippen LogP contribution in [0, 0.1) is 0 Å². The number of hydrogen-bond donors (Lipinski definition) is 8. The van der Waals surface area contributed by atoms with Gasteiger partial charge < -0.3 is 53.1 Å². The number of benzene rings is 6. The second kappa shape index (κ2) is 44.9. The van der Waals surface area contributed by atoms with Crippen molar-refractivity contribution in [3.05, 3.63) is 426 Å². The Morgan fingerprint density at radius 1 is 0.304 bits per heavy atom. The minimum Gasteiger partial charge on any atom is -0.451 e. The first kappa shape index (κ1) is 89.1. The zero-order chi connectivity index (χ0) is 92.9. The molecule has 25 nitrogen and oxygen atoms in total. The number of imidazole rings is 2. The van der Waals surface area contributed by atoms with Gasteiger partial charge >= 0.3 is 0 Å². The third kappa shape index (κ3) is 23.1. The van der Waals surface area contributed by atoms with E-state index < -0.39 is 0 Å². The Kier molecular flexibility index (Phi) is 29.0. The summed E-state index contributed by atoms with van der Waals surface area (Å²) in [5.41, 5.74) is 27.1. The van der Waals surface area contributed by atoms with Gasteiger partial charge in [0, 0.05) is 224 Å². The number of H-pyrrole nitrogens is 8. The molecule has 0 radical (unpaired) electrons. The molecule has 6 aromatic carbocycles. The number of oxazole rings is 3. The van der Waals surface area contributed by atoms with Crippen molar-refractivity contribution in [2.24, 2.45) is 30.4 Å². The number of fused-ring (bicyclic) bond motifs is 6. The van der Waals surface area contributed by atoms with Crippen molar-refractivity contribution in [2.75, 3.05) is 13.1 Å². The summed E-state index contributed by atoms with van der Waals surface area (Å²) in [7, 11) is 0. The fraction of sp³-hybridized carbons (Fsp3) is 0.0364. The van der Waals surface area contributed by atoms with E-state index in [0.717, 1.165) is 164 Å². The average molecular weight is 1860 g/mol. The van der Waals surface area contributed by atoms with Crippen molar-refractivity contribution in [3.63, 3.8) is 0 Å². The molecular formula is C110H86N22O3S3. The fourth-order valence-corrected chi connectivity index (χ4v) is 16.9. The van der Waals surface area contributed by atoms with Crippen molar-refractivity contribution in [3.8, 4) is 0 Å². The van der Waals surface area contributed by atoms with E-state index in [1.165, 1.54) is 44.5 Å². The Morgan fingerprint density at radius 3 is 1.03 bits per heavy atom. The maximum absolute atomic E-state index is 5.25. The average Bonchev–Trinajstić information content (AvgIpc) is 1.68. The second-order valence-corrected chi connectivity index (χ2v) is 33.3. The van der Waals surface area contributed by atoms with Gasteiger partial charge in [-0.05, 0) is 170 Å². The highest BCUT2D eigenvalue weighted by atomic mass is 32.1. The normalized spacial score (nSPS) is 13.7. The maximum Gasteiger partial charge on any atom is 0.218 e. The van der Waals surface area contributed by atoms with E-state index in [9.17, 15) is 0 Å². The number of aromatic nitrogens is 16. The molecule has 0 spiro atoms. The standard InChI is InChI=1S/C19H15N3O.C19H15N3S.2C18H15N5.C18H13N3O2.C18H13N3S2/c2*1-2-6-18-16(5-1)17(9-7-15-12-23-13-21-15)19(22-18)10-8-14-4-3-11-20-14;1-2-4-17-15(3-1)16(7-5-13-9-11-19-22-13)18(21-17)8-6-14-10-12-20-23-14;1-2-4-15-13(3-1)14(5-7-17-19-9-10-20-17)16(23-15)6-8-18-21-11-12-22-18;2*1-2-4-15-13(3-1)14(5-7-17-19-9-11-22-17)16(21-15)6-8-18-20-10-12-23-18/h2*1-2,4-13,22H,3H2;1-10,21H,11-12H2;1-12,23H,(H,19,20)(H,21,22);2*1-12,21H/b2*9-7+,10-8+;4*7-5+,8-6+. The molecule has 138 heavy (non-hydrogen) atoms. The first-order valence-corrected chi connectivity index (χ1v) is 46.9. The molecular weight excluding hydrogens is 1770 g/mol. The number of hydrogen-bond acceptors (Lipinski definition) is 20. The maximum atomic E-state index is 5.25. The third-order valence-corrected chi connectivity index (χ3v) is 23.9. The van der Waals surface area contributed by atoms with E-state index in [-0.39, 0.29) is 0 Å². The molecule has 28 heteroatoms. The summed E-state index contributed by atoms with van der Waals surface area (Å²) in [6.45, 7) is 1.33. The lowest BCUT2D eigenvalue weighted by molar-refractivity contribution is 0.546. The van der Waals surface area contributed by atoms with Crippen LogP contribution in [-0.2, 0) is 0 Å². The molecule has 0 aliphatic carbocycles. The van der Waals surface area contributed by atoms with Crippen LogP contribution >= 0.6 is 34.0 Å². The van der Waals surface area contributed by atoms with Crippen molar-refractivity contribution in [2.45, 2.75) is 12.8 Å². The van der Waals surface area contributed by atoms with Crippen molar-refractivity contribution in [1.29, 1.82) is 0 Å². The summed E-state index contributed by atoms with van der Waals surface area (Å²) in [5.74, 6) is 2.78. The number of nitrogens with one attached hydrogen (secondary N) is 8. The van der Waals surface area contributed by atoms with Crippen molar-refractivity contribution >= 4 is 233 Å². The molecule has 0 atom stereocenters. The molecule has 20 aromatic rings. The number of aliphatic imine (C=N–C) groups is 2. The van der Waals surface area contributed by atoms with Gasteiger partial charge in [0.05, 0.1) is 59.5 Å². The monoisotopic (exact) mass is 1860 g/mol. The lowest BCUT2D eigenvalue weighted by atomic mass is 10.1. The number of allylic oxidation sites excluding steroid dienone is 6.